The Hall–Kier alpha value is -2.58. The van der Waals surface area contributed by atoms with Gasteiger partial charge in [-0.1, -0.05) is 6.07 Å². The molecule has 2 rings (SSSR count). The Bertz CT molecular complexity index is 895. The highest BCUT2D eigenvalue weighted by molar-refractivity contribution is 7.89. The Labute approximate surface area is 159 Å². The van der Waals surface area contributed by atoms with Crippen LogP contribution in [0.4, 0.5) is 0 Å². The molecule has 2 N–H and O–H groups in total. The summed E-state index contributed by atoms with van der Waals surface area (Å²) in [5, 5.41) is 0. The fourth-order valence-electron chi connectivity index (χ4n) is 2.20. The van der Waals surface area contributed by atoms with Crippen molar-refractivity contribution in [1.82, 2.24) is 10.3 Å². The zero-order chi connectivity index (χ0) is 20.0. The number of aryl methyl sites for hydroxylation is 2. The maximum Gasteiger partial charge on any atom is 0.275 e. The largest absolute Gasteiger partial charge is 0.494 e. The van der Waals surface area contributed by atoms with Gasteiger partial charge in [0.1, 0.15) is 11.5 Å². The first kappa shape index (κ1) is 20.7. The molecule has 0 radical (unpaired) electrons. The average molecular weight is 392 g/mol. The standard InChI is InChI=1S/C19H24N2O5S/c1-5-25-16-7-9-17(10-8-16)26-15(4)19(22)20-21-27(23,24)18-11-6-13(2)14(3)12-18/h6-12,15,21H,5H2,1-4H3,(H,20,22)/t15-/m0/s1. The highest BCUT2D eigenvalue weighted by atomic mass is 32.2. The molecule has 7 nitrogen and oxygen atoms in total. The molecule has 0 bridgehead atoms. The number of amides is 1. The van der Waals surface area contributed by atoms with Gasteiger partial charge >= 0.3 is 0 Å². The Morgan fingerprint density at radius 3 is 2.26 bits per heavy atom. The number of ether oxygens (including phenoxy) is 2. The number of carbonyl (C=O) groups excluding carboxylic acids is 1. The van der Waals surface area contributed by atoms with E-state index in [9.17, 15) is 13.2 Å². The van der Waals surface area contributed by atoms with Gasteiger partial charge in [0.2, 0.25) is 0 Å². The lowest BCUT2D eigenvalue weighted by Gasteiger charge is -2.16. The van der Waals surface area contributed by atoms with Gasteiger partial charge in [0.15, 0.2) is 6.10 Å². The molecule has 146 valence electrons. The van der Waals surface area contributed by atoms with E-state index < -0.39 is 22.0 Å². The molecular formula is C19H24N2O5S. The van der Waals surface area contributed by atoms with Crippen LogP contribution < -0.4 is 19.7 Å². The van der Waals surface area contributed by atoms with Gasteiger partial charge < -0.3 is 9.47 Å². The van der Waals surface area contributed by atoms with Crippen LogP contribution in [-0.4, -0.2) is 27.0 Å². The second-order valence-electron chi connectivity index (χ2n) is 6.01. The summed E-state index contributed by atoms with van der Waals surface area (Å²) in [5.41, 5.74) is 4.01. The van der Waals surface area contributed by atoms with Crippen LogP contribution in [0.2, 0.25) is 0 Å². The zero-order valence-electron chi connectivity index (χ0n) is 15.8. The molecule has 0 heterocycles. The number of hydrazine groups is 1. The van der Waals surface area contributed by atoms with Crippen LogP contribution in [0.25, 0.3) is 0 Å². The third kappa shape index (κ3) is 5.70. The average Bonchev–Trinajstić information content (AvgIpc) is 2.63. The molecule has 0 aromatic heterocycles. The fraction of sp³-hybridized carbons (Fsp3) is 0.316. The van der Waals surface area contributed by atoms with E-state index in [0.29, 0.717) is 18.1 Å². The maximum atomic E-state index is 12.3. The van der Waals surface area contributed by atoms with Crippen molar-refractivity contribution in [3.8, 4) is 11.5 Å². The number of benzene rings is 2. The molecule has 27 heavy (non-hydrogen) atoms. The van der Waals surface area contributed by atoms with Crippen LogP contribution in [0, 0.1) is 13.8 Å². The van der Waals surface area contributed by atoms with E-state index in [1.54, 1.807) is 36.4 Å². The smallest absolute Gasteiger partial charge is 0.275 e. The van der Waals surface area contributed by atoms with E-state index in [1.165, 1.54) is 13.0 Å². The van der Waals surface area contributed by atoms with Gasteiger partial charge in [-0.05, 0) is 75.2 Å². The number of carbonyl (C=O) groups is 1. The molecule has 0 spiro atoms. The van der Waals surface area contributed by atoms with Crippen molar-refractivity contribution in [2.75, 3.05) is 6.61 Å². The summed E-state index contributed by atoms with van der Waals surface area (Å²) in [4.78, 5) is 14.3. The minimum Gasteiger partial charge on any atom is -0.494 e. The van der Waals surface area contributed by atoms with E-state index in [-0.39, 0.29) is 4.90 Å². The molecule has 0 saturated carbocycles. The third-order valence-corrected chi connectivity index (χ3v) is 5.16. The number of nitrogens with one attached hydrogen (secondary N) is 2. The fourth-order valence-corrected chi connectivity index (χ4v) is 3.13. The highest BCUT2D eigenvalue weighted by Crippen LogP contribution is 2.18. The van der Waals surface area contributed by atoms with Crippen molar-refractivity contribution in [3.05, 3.63) is 53.6 Å². The first-order valence-electron chi connectivity index (χ1n) is 8.51. The Morgan fingerprint density at radius 1 is 1.04 bits per heavy atom. The molecule has 0 aliphatic rings. The van der Waals surface area contributed by atoms with Gasteiger partial charge in [-0.15, -0.1) is 4.83 Å². The number of hydrogen-bond acceptors (Lipinski definition) is 5. The van der Waals surface area contributed by atoms with Gasteiger partial charge in [0.05, 0.1) is 11.5 Å². The predicted molar refractivity (Wildman–Crippen MR) is 102 cm³/mol. The summed E-state index contributed by atoms with van der Waals surface area (Å²) in [6, 6.07) is 11.5. The van der Waals surface area contributed by atoms with Crippen LogP contribution in [0.5, 0.6) is 11.5 Å². The van der Waals surface area contributed by atoms with Gasteiger partial charge in [-0.2, -0.15) is 0 Å². The van der Waals surface area contributed by atoms with Crippen LogP contribution in [0.3, 0.4) is 0 Å². The first-order chi connectivity index (χ1) is 12.7. The summed E-state index contributed by atoms with van der Waals surface area (Å²) in [7, 11) is -3.87. The second kappa shape index (κ2) is 8.88. The summed E-state index contributed by atoms with van der Waals surface area (Å²) in [6.07, 6.45) is -0.898. The lowest BCUT2D eigenvalue weighted by atomic mass is 10.1. The number of rotatable bonds is 8. The van der Waals surface area contributed by atoms with Gasteiger partial charge in [0.25, 0.3) is 15.9 Å². The van der Waals surface area contributed by atoms with Crippen molar-refractivity contribution in [3.63, 3.8) is 0 Å². The van der Waals surface area contributed by atoms with Gasteiger partial charge in [0, 0.05) is 0 Å². The van der Waals surface area contributed by atoms with E-state index in [2.05, 4.69) is 10.3 Å². The summed E-state index contributed by atoms with van der Waals surface area (Å²) in [5.74, 6) is 0.553. The molecule has 0 aliphatic carbocycles. The second-order valence-corrected chi connectivity index (χ2v) is 7.69. The number of hydrogen-bond donors (Lipinski definition) is 2. The van der Waals surface area contributed by atoms with E-state index in [4.69, 9.17) is 9.47 Å². The normalized spacial score (nSPS) is 12.3. The first-order valence-corrected chi connectivity index (χ1v) is 9.99. The third-order valence-electron chi connectivity index (χ3n) is 3.91. The monoisotopic (exact) mass is 392 g/mol. The molecule has 1 atom stereocenters. The Morgan fingerprint density at radius 2 is 1.67 bits per heavy atom. The summed E-state index contributed by atoms with van der Waals surface area (Å²) >= 11 is 0. The molecule has 0 aliphatic heterocycles. The molecule has 0 fully saturated rings. The highest BCUT2D eigenvalue weighted by Gasteiger charge is 2.19. The van der Waals surface area contributed by atoms with E-state index in [0.717, 1.165) is 11.1 Å². The van der Waals surface area contributed by atoms with Crippen molar-refractivity contribution < 1.29 is 22.7 Å². The van der Waals surface area contributed by atoms with E-state index in [1.807, 2.05) is 20.8 Å². The topological polar surface area (TPSA) is 93.7 Å². The zero-order valence-corrected chi connectivity index (χ0v) is 16.6. The lowest BCUT2D eigenvalue weighted by molar-refractivity contribution is -0.127. The molecule has 0 unspecified atom stereocenters. The van der Waals surface area contributed by atoms with Gasteiger partial charge in [-0.25, -0.2) is 8.42 Å². The minimum absolute atomic E-state index is 0.0750. The van der Waals surface area contributed by atoms with Crippen LogP contribution in [0.15, 0.2) is 47.4 Å². The molecule has 0 saturated heterocycles. The van der Waals surface area contributed by atoms with Crippen LogP contribution in [0.1, 0.15) is 25.0 Å². The lowest BCUT2D eigenvalue weighted by Crippen LogP contribution is -2.47. The predicted octanol–water partition coefficient (Wildman–Crippen LogP) is 2.48. The van der Waals surface area contributed by atoms with Crippen molar-refractivity contribution in [2.24, 2.45) is 0 Å². The van der Waals surface area contributed by atoms with E-state index >= 15 is 0 Å². The van der Waals surface area contributed by atoms with Crippen molar-refractivity contribution >= 4 is 15.9 Å². The quantitative estimate of drug-likeness (QED) is 0.673. The summed E-state index contributed by atoms with van der Waals surface area (Å²) in [6.45, 7) is 7.67. The summed E-state index contributed by atoms with van der Waals surface area (Å²) < 4.78 is 35.4. The Balaban J connectivity index is 1.94. The molecule has 2 aromatic rings. The van der Waals surface area contributed by atoms with Gasteiger partial charge in [-0.3, -0.25) is 10.2 Å². The molecule has 1 amide bonds. The molecular weight excluding hydrogens is 368 g/mol. The minimum atomic E-state index is -3.87. The van der Waals surface area contributed by atoms with Crippen molar-refractivity contribution in [2.45, 2.75) is 38.7 Å². The van der Waals surface area contributed by atoms with Crippen LogP contribution in [-0.2, 0) is 14.8 Å². The molecule has 2 aromatic carbocycles. The SMILES string of the molecule is CCOc1ccc(O[C@@H](C)C(=O)NNS(=O)(=O)c2ccc(C)c(C)c2)cc1. The molecule has 8 heteroatoms. The maximum absolute atomic E-state index is 12.3. The van der Waals surface area contributed by atoms with Crippen LogP contribution >= 0.6 is 0 Å². The number of sulfonamides is 1. The Kier molecular flexibility index (Phi) is 6.81. The van der Waals surface area contributed by atoms with Crippen molar-refractivity contribution in [1.29, 1.82) is 0 Å².